The van der Waals surface area contributed by atoms with E-state index in [0.29, 0.717) is 0 Å². The van der Waals surface area contributed by atoms with Crippen molar-refractivity contribution in [1.29, 1.82) is 0 Å². The Balaban J connectivity index is 2.14. The first-order valence-corrected chi connectivity index (χ1v) is 6.90. The molecule has 0 saturated carbocycles. The minimum absolute atomic E-state index is 0.794. The SMILES string of the molecule is CCN(c1ccc(N)cc1)c1cccc2ccccc12. The van der Waals surface area contributed by atoms with E-state index in [0.717, 1.165) is 17.9 Å². The molecular weight excluding hydrogens is 244 g/mol. The molecule has 0 fully saturated rings. The Morgan fingerprint density at radius 2 is 1.55 bits per heavy atom. The first kappa shape index (κ1) is 12.5. The van der Waals surface area contributed by atoms with Crippen molar-refractivity contribution in [2.75, 3.05) is 17.2 Å². The van der Waals surface area contributed by atoms with Crippen LogP contribution in [0.5, 0.6) is 0 Å². The van der Waals surface area contributed by atoms with Gasteiger partial charge in [0.05, 0.1) is 0 Å². The number of hydrogen-bond acceptors (Lipinski definition) is 2. The van der Waals surface area contributed by atoms with Gasteiger partial charge in [0, 0.05) is 29.0 Å². The van der Waals surface area contributed by atoms with Crippen molar-refractivity contribution < 1.29 is 0 Å². The number of nitrogens with two attached hydrogens (primary N) is 1. The lowest BCUT2D eigenvalue weighted by Gasteiger charge is -2.25. The molecule has 0 radical (unpaired) electrons. The molecule has 3 aromatic carbocycles. The fourth-order valence-electron chi connectivity index (χ4n) is 2.59. The van der Waals surface area contributed by atoms with E-state index < -0.39 is 0 Å². The van der Waals surface area contributed by atoms with E-state index in [4.69, 9.17) is 5.73 Å². The number of anilines is 3. The minimum atomic E-state index is 0.794. The molecule has 0 unspecified atom stereocenters. The van der Waals surface area contributed by atoms with Crippen LogP contribution in [0.15, 0.2) is 66.7 Å². The molecule has 0 bridgehead atoms. The molecule has 3 aromatic rings. The van der Waals surface area contributed by atoms with E-state index in [2.05, 4.69) is 66.4 Å². The van der Waals surface area contributed by atoms with Crippen LogP contribution in [0.25, 0.3) is 10.8 Å². The Hall–Kier alpha value is -2.48. The van der Waals surface area contributed by atoms with Crippen LogP contribution < -0.4 is 10.6 Å². The van der Waals surface area contributed by atoms with Crippen molar-refractivity contribution in [2.45, 2.75) is 6.92 Å². The van der Waals surface area contributed by atoms with Crippen LogP contribution in [0.2, 0.25) is 0 Å². The first-order chi connectivity index (χ1) is 9.79. The van der Waals surface area contributed by atoms with Gasteiger partial charge in [0.25, 0.3) is 0 Å². The van der Waals surface area contributed by atoms with E-state index in [1.807, 2.05) is 12.1 Å². The highest BCUT2D eigenvalue weighted by Gasteiger charge is 2.10. The molecule has 3 rings (SSSR count). The zero-order valence-corrected chi connectivity index (χ0v) is 11.6. The molecule has 0 aliphatic heterocycles. The quantitative estimate of drug-likeness (QED) is 0.700. The molecule has 0 spiro atoms. The molecule has 100 valence electrons. The van der Waals surface area contributed by atoms with Crippen LogP contribution in [-0.4, -0.2) is 6.54 Å². The summed E-state index contributed by atoms with van der Waals surface area (Å²) >= 11 is 0. The molecule has 0 aliphatic carbocycles. The maximum Gasteiger partial charge on any atom is 0.0490 e. The van der Waals surface area contributed by atoms with Crippen molar-refractivity contribution in [3.8, 4) is 0 Å². The van der Waals surface area contributed by atoms with Gasteiger partial charge in [0.1, 0.15) is 0 Å². The van der Waals surface area contributed by atoms with E-state index in [-0.39, 0.29) is 0 Å². The summed E-state index contributed by atoms with van der Waals surface area (Å²) in [5.74, 6) is 0. The van der Waals surface area contributed by atoms with Gasteiger partial charge in [-0.15, -0.1) is 0 Å². The van der Waals surface area contributed by atoms with Crippen LogP contribution in [0, 0.1) is 0 Å². The summed E-state index contributed by atoms with van der Waals surface area (Å²) in [6.45, 7) is 3.08. The number of rotatable bonds is 3. The monoisotopic (exact) mass is 262 g/mol. The van der Waals surface area contributed by atoms with Crippen LogP contribution in [0.4, 0.5) is 17.1 Å². The molecule has 2 N–H and O–H groups in total. The van der Waals surface area contributed by atoms with Crippen LogP contribution in [0.3, 0.4) is 0 Å². The van der Waals surface area contributed by atoms with Gasteiger partial charge in [0.2, 0.25) is 0 Å². The number of nitrogens with zero attached hydrogens (tertiary/aromatic N) is 1. The summed E-state index contributed by atoms with van der Waals surface area (Å²) in [5, 5.41) is 2.53. The van der Waals surface area contributed by atoms with Crippen molar-refractivity contribution >= 4 is 27.8 Å². The Morgan fingerprint density at radius 3 is 2.30 bits per heavy atom. The maximum absolute atomic E-state index is 5.78. The Bertz CT molecular complexity index is 712. The van der Waals surface area contributed by atoms with Crippen molar-refractivity contribution in [3.63, 3.8) is 0 Å². The lowest BCUT2D eigenvalue weighted by molar-refractivity contribution is 1.03. The summed E-state index contributed by atoms with van der Waals surface area (Å²) in [5.41, 5.74) is 8.97. The predicted molar refractivity (Wildman–Crippen MR) is 87.5 cm³/mol. The molecule has 0 amide bonds. The fourth-order valence-corrected chi connectivity index (χ4v) is 2.59. The molecule has 2 heteroatoms. The highest BCUT2D eigenvalue weighted by atomic mass is 15.1. The van der Waals surface area contributed by atoms with Gasteiger partial charge in [-0.05, 0) is 42.6 Å². The van der Waals surface area contributed by atoms with Crippen molar-refractivity contribution in [3.05, 3.63) is 66.7 Å². The molecule has 0 atom stereocenters. The zero-order chi connectivity index (χ0) is 13.9. The standard InChI is InChI=1S/C18H18N2/c1-2-20(16-12-10-15(19)11-13-16)18-9-5-7-14-6-3-4-8-17(14)18/h3-13H,2,19H2,1H3. The summed E-state index contributed by atoms with van der Waals surface area (Å²) in [4.78, 5) is 2.31. The van der Waals surface area contributed by atoms with Gasteiger partial charge < -0.3 is 10.6 Å². The molecule has 0 aromatic heterocycles. The number of nitrogen functional groups attached to an aromatic ring is 1. The van der Waals surface area contributed by atoms with Crippen molar-refractivity contribution in [1.82, 2.24) is 0 Å². The second-order valence-corrected chi connectivity index (χ2v) is 4.83. The molecule has 0 saturated heterocycles. The highest BCUT2D eigenvalue weighted by Crippen LogP contribution is 2.32. The average molecular weight is 262 g/mol. The van der Waals surface area contributed by atoms with Gasteiger partial charge >= 0.3 is 0 Å². The molecular formula is C18H18N2. The Morgan fingerprint density at radius 1 is 0.850 bits per heavy atom. The normalized spacial score (nSPS) is 10.7. The van der Waals surface area contributed by atoms with Crippen molar-refractivity contribution in [2.24, 2.45) is 0 Å². The fraction of sp³-hybridized carbons (Fsp3) is 0.111. The minimum Gasteiger partial charge on any atom is -0.399 e. The third kappa shape index (κ3) is 2.21. The number of benzene rings is 3. The molecule has 20 heavy (non-hydrogen) atoms. The lowest BCUT2D eigenvalue weighted by atomic mass is 10.1. The van der Waals surface area contributed by atoms with Crippen LogP contribution >= 0.6 is 0 Å². The van der Waals surface area contributed by atoms with Gasteiger partial charge in [-0.2, -0.15) is 0 Å². The Labute approximate surface area is 119 Å². The number of hydrogen-bond donors (Lipinski definition) is 1. The second-order valence-electron chi connectivity index (χ2n) is 4.83. The summed E-state index contributed by atoms with van der Waals surface area (Å²) in [6, 6.07) is 22.9. The zero-order valence-electron chi connectivity index (χ0n) is 11.6. The maximum atomic E-state index is 5.78. The summed E-state index contributed by atoms with van der Waals surface area (Å²) in [6.07, 6.45) is 0. The lowest BCUT2D eigenvalue weighted by Crippen LogP contribution is -2.16. The Kier molecular flexibility index (Phi) is 3.30. The predicted octanol–water partition coefficient (Wildman–Crippen LogP) is 4.58. The molecule has 0 aliphatic rings. The summed E-state index contributed by atoms with van der Waals surface area (Å²) in [7, 11) is 0. The van der Waals surface area contributed by atoms with E-state index in [9.17, 15) is 0 Å². The third-order valence-electron chi connectivity index (χ3n) is 3.58. The van der Waals surface area contributed by atoms with Gasteiger partial charge in [-0.25, -0.2) is 0 Å². The average Bonchev–Trinajstić information content (AvgIpc) is 2.50. The highest BCUT2D eigenvalue weighted by molar-refractivity contribution is 5.96. The van der Waals surface area contributed by atoms with E-state index >= 15 is 0 Å². The second kappa shape index (κ2) is 5.25. The third-order valence-corrected chi connectivity index (χ3v) is 3.58. The largest absolute Gasteiger partial charge is 0.399 e. The van der Waals surface area contributed by atoms with E-state index in [1.165, 1.54) is 16.5 Å². The van der Waals surface area contributed by atoms with E-state index in [1.54, 1.807) is 0 Å². The molecule has 2 nitrogen and oxygen atoms in total. The summed E-state index contributed by atoms with van der Waals surface area (Å²) < 4.78 is 0. The van der Waals surface area contributed by atoms with Crippen LogP contribution in [0.1, 0.15) is 6.92 Å². The number of fused-ring (bicyclic) bond motifs is 1. The van der Waals surface area contributed by atoms with Crippen LogP contribution in [-0.2, 0) is 0 Å². The van der Waals surface area contributed by atoms with Gasteiger partial charge in [-0.3, -0.25) is 0 Å². The first-order valence-electron chi connectivity index (χ1n) is 6.90. The van der Waals surface area contributed by atoms with Gasteiger partial charge in [0.15, 0.2) is 0 Å². The smallest absolute Gasteiger partial charge is 0.0490 e. The molecule has 0 heterocycles. The van der Waals surface area contributed by atoms with Gasteiger partial charge in [-0.1, -0.05) is 36.4 Å². The topological polar surface area (TPSA) is 29.3 Å².